The molecule has 0 aromatic carbocycles. The van der Waals surface area contributed by atoms with Crippen LogP contribution in [0.15, 0.2) is 28.4 Å². The van der Waals surface area contributed by atoms with Crippen LogP contribution in [0.25, 0.3) is 5.65 Å². The van der Waals surface area contributed by atoms with Crippen molar-refractivity contribution < 1.29 is 8.42 Å². The Labute approximate surface area is 123 Å². The van der Waals surface area contributed by atoms with Gasteiger partial charge in [0.2, 0.25) is 0 Å². The second-order valence-corrected chi connectivity index (χ2v) is 7.64. The molecule has 0 unspecified atom stereocenters. The Hall–Kier alpha value is -1.52. The number of hydrogen-bond acceptors (Lipinski definition) is 5. The lowest BCUT2D eigenvalue weighted by atomic mass is 9.88. The van der Waals surface area contributed by atoms with E-state index in [2.05, 4.69) is 23.7 Å². The highest BCUT2D eigenvalue weighted by Crippen LogP contribution is 2.27. The van der Waals surface area contributed by atoms with Crippen molar-refractivity contribution in [1.82, 2.24) is 9.38 Å². The summed E-state index contributed by atoms with van der Waals surface area (Å²) in [6.07, 6.45) is 1.65. The summed E-state index contributed by atoms with van der Waals surface area (Å²) in [5.74, 6) is -0.0276. The third kappa shape index (κ3) is 2.30. The molecule has 0 aliphatic carbocycles. The predicted molar refractivity (Wildman–Crippen MR) is 78.8 cm³/mol. The third-order valence-electron chi connectivity index (χ3n) is 3.23. The molecule has 20 heavy (non-hydrogen) atoms. The maximum atomic E-state index is 12.2. The van der Waals surface area contributed by atoms with E-state index < -0.39 is 15.3 Å². The molecule has 0 amide bonds. The molecule has 2 heterocycles. The van der Waals surface area contributed by atoms with Crippen LogP contribution in [-0.4, -0.2) is 23.6 Å². The van der Waals surface area contributed by atoms with E-state index in [0.29, 0.717) is 5.65 Å². The first-order valence-corrected chi connectivity index (χ1v) is 8.18. The average molecular weight is 309 g/mol. The Balaban J connectivity index is 2.82. The van der Waals surface area contributed by atoms with E-state index in [1.807, 2.05) is 0 Å². The van der Waals surface area contributed by atoms with Crippen LogP contribution in [0.5, 0.6) is 0 Å². The van der Waals surface area contributed by atoms with Crippen LogP contribution in [0.4, 0.5) is 0 Å². The summed E-state index contributed by atoms with van der Waals surface area (Å²) < 4.78 is 25.8. The van der Waals surface area contributed by atoms with Gasteiger partial charge in [-0.2, -0.15) is 5.26 Å². The summed E-state index contributed by atoms with van der Waals surface area (Å²) in [6.45, 7) is 5.13. The first-order valence-electron chi connectivity index (χ1n) is 6.08. The number of pyridine rings is 1. The molecule has 0 radical (unpaired) electrons. The molecule has 0 aliphatic heterocycles. The predicted octanol–water partition coefficient (Wildman–Crippen LogP) is 2.22. The molecular formula is C13H15N3O2S2. The van der Waals surface area contributed by atoms with Gasteiger partial charge in [0.05, 0.1) is 17.2 Å². The number of fused-ring (bicyclic) bond motifs is 1. The summed E-state index contributed by atoms with van der Waals surface area (Å²) in [5, 5.41) is 9.45. The Morgan fingerprint density at radius 2 is 2.10 bits per heavy atom. The number of hydrogen-bond donors (Lipinski definition) is 1. The van der Waals surface area contributed by atoms with Gasteiger partial charge in [0.15, 0.2) is 14.9 Å². The zero-order chi connectivity index (χ0) is 15.1. The lowest BCUT2D eigenvalue weighted by Crippen LogP contribution is -2.15. The van der Waals surface area contributed by atoms with Gasteiger partial charge in [-0.1, -0.05) is 13.0 Å². The molecular weight excluding hydrogens is 294 g/mol. The van der Waals surface area contributed by atoms with Gasteiger partial charge >= 0.3 is 0 Å². The van der Waals surface area contributed by atoms with E-state index in [-0.39, 0.29) is 15.8 Å². The second kappa shape index (κ2) is 4.79. The zero-order valence-electron chi connectivity index (χ0n) is 11.5. The monoisotopic (exact) mass is 309 g/mol. The fourth-order valence-electron chi connectivity index (χ4n) is 1.87. The molecule has 0 atom stereocenters. The first-order chi connectivity index (χ1) is 9.23. The minimum Gasteiger partial charge on any atom is -0.289 e. The van der Waals surface area contributed by atoms with E-state index in [1.54, 1.807) is 39.1 Å². The smallest absolute Gasteiger partial charge is 0.196 e. The van der Waals surface area contributed by atoms with Gasteiger partial charge in [0.25, 0.3) is 0 Å². The van der Waals surface area contributed by atoms with Crippen molar-refractivity contribution in [2.24, 2.45) is 0 Å². The van der Waals surface area contributed by atoms with Crippen molar-refractivity contribution in [1.29, 1.82) is 5.26 Å². The van der Waals surface area contributed by atoms with Gasteiger partial charge in [-0.15, -0.1) is 12.6 Å². The molecule has 0 spiro atoms. The Kier molecular flexibility index (Phi) is 3.56. The summed E-state index contributed by atoms with van der Waals surface area (Å²) >= 11 is 4.16. The molecule has 2 aromatic rings. The third-order valence-corrected chi connectivity index (χ3v) is 5.44. The number of rotatable bonds is 3. The lowest BCUT2D eigenvalue weighted by Gasteiger charge is -2.16. The Bertz CT molecular complexity index is 814. The van der Waals surface area contributed by atoms with Crippen LogP contribution in [0.1, 0.15) is 26.3 Å². The largest absolute Gasteiger partial charge is 0.289 e. The van der Waals surface area contributed by atoms with E-state index in [9.17, 15) is 13.7 Å². The summed E-state index contributed by atoms with van der Waals surface area (Å²) in [6, 6.07) is 5.68. The minimum atomic E-state index is -3.44. The van der Waals surface area contributed by atoms with Crippen molar-refractivity contribution in [3.63, 3.8) is 0 Å². The molecule has 5 nitrogen and oxygen atoms in total. The topological polar surface area (TPSA) is 75.2 Å². The number of thiol groups is 1. The number of nitriles is 1. The first kappa shape index (κ1) is 14.9. The van der Waals surface area contributed by atoms with Crippen LogP contribution in [0.2, 0.25) is 0 Å². The Morgan fingerprint density at radius 1 is 1.45 bits per heavy atom. The summed E-state index contributed by atoms with van der Waals surface area (Å²) in [5.41, 5.74) is 0.521. The van der Waals surface area contributed by atoms with Crippen molar-refractivity contribution in [3.05, 3.63) is 23.9 Å². The quantitative estimate of drug-likeness (QED) is 0.882. The van der Waals surface area contributed by atoms with Crippen molar-refractivity contribution >= 4 is 28.1 Å². The van der Waals surface area contributed by atoms with E-state index in [1.165, 1.54) is 4.40 Å². The summed E-state index contributed by atoms with van der Waals surface area (Å²) in [4.78, 5) is 4.14. The molecule has 0 fully saturated rings. The standard InChI is InChI=1S/C13H15N3O2S2/c1-4-20(17,18)12-11(19)15-10-6-5-9(7-16(10)12)13(2,3)8-14/h5-7,19H,4H2,1-3H3. The summed E-state index contributed by atoms with van der Waals surface area (Å²) in [7, 11) is -3.44. The fraction of sp³-hybridized carbons (Fsp3) is 0.385. The van der Waals surface area contributed by atoms with Gasteiger partial charge in [-0.3, -0.25) is 4.40 Å². The molecule has 2 rings (SSSR count). The number of aromatic nitrogens is 2. The van der Waals surface area contributed by atoms with Crippen LogP contribution in [-0.2, 0) is 15.3 Å². The molecule has 0 aliphatic rings. The second-order valence-electron chi connectivity index (χ2n) is 5.03. The van der Waals surface area contributed by atoms with Crippen LogP contribution in [0.3, 0.4) is 0 Å². The van der Waals surface area contributed by atoms with Gasteiger partial charge in [0, 0.05) is 6.20 Å². The van der Waals surface area contributed by atoms with Gasteiger partial charge in [-0.25, -0.2) is 13.4 Å². The maximum absolute atomic E-state index is 12.2. The van der Waals surface area contributed by atoms with Gasteiger partial charge in [-0.05, 0) is 25.5 Å². The molecule has 0 N–H and O–H groups in total. The van der Waals surface area contributed by atoms with Crippen LogP contribution < -0.4 is 0 Å². The normalized spacial score (nSPS) is 12.6. The lowest BCUT2D eigenvalue weighted by molar-refractivity contribution is 0.588. The van der Waals surface area contributed by atoms with Crippen molar-refractivity contribution in [2.75, 3.05) is 5.75 Å². The highest BCUT2D eigenvalue weighted by atomic mass is 32.2. The zero-order valence-corrected chi connectivity index (χ0v) is 13.2. The van der Waals surface area contributed by atoms with Crippen LogP contribution >= 0.6 is 12.6 Å². The number of nitrogens with zero attached hydrogens (tertiary/aromatic N) is 3. The highest BCUT2D eigenvalue weighted by Gasteiger charge is 2.25. The Morgan fingerprint density at radius 3 is 2.65 bits per heavy atom. The molecule has 0 bridgehead atoms. The number of sulfone groups is 1. The SMILES string of the molecule is CCS(=O)(=O)c1c(S)nc2ccc(C(C)(C)C#N)cn12. The van der Waals surface area contributed by atoms with E-state index in [4.69, 9.17) is 0 Å². The minimum absolute atomic E-state index is 0.0276. The molecule has 0 saturated carbocycles. The van der Waals surface area contributed by atoms with Gasteiger partial charge < -0.3 is 0 Å². The highest BCUT2D eigenvalue weighted by molar-refractivity contribution is 7.92. The molecule has 106 valence electrons. The molecule has 7 heteroatoms. The average Bonchev–Trinajstić information content (AvgIpc) is 2.74. The van der Waals surface area contributed by atoms with Crippen molar-refractivity contribution in [3.8, 4) is 6.07 Å². The molecule has 2 aromatic heterocycles. The van der Waals surface area contributed by atoms with E-state index in [0.717, 1.165) is 5.56 Å². The van der Waals surface area contributed by atoms with E-state index >= 15 is 0 Å². The van der Waals surface area contributed by atoms with Crippen molar-refractivity contribution in [2.45, 2.75) is 36.2 Å². The van der Waals surface area contributed by atoms with Crippen LogP contribution in [0, 0.1) is 11.3 Å². The maximum Gasteiger partial charge on any atom is 0.196 e. The number of imidazole rings is 1. The van der Waals surface area contributed by atoms with Gasteiger partial charge in [0.1, 0.15) is 10.7 Å². The fourth-order valence-corrected chi connectivity index (χ4v) is 3.54. The molecule has 0 saturated heterocycles.